The fourth-order valence-corrected chi connectivity index (χ4v) is 2.31. The third-order valence-electron chi connectivity index (χ3n) is 3.44. The molecule has 5 heteroatoms. The van der Waals surface area contributed by atoms with E-state index in [0.717, 1.165) is 17.0 Å². The third-order valence-corrected chi connectivity index (χ3v) is 3.44. The highest BCUT2D eigenvalue weighted by Crippen LogP contribution is 2.29. The number of rotatable bonds is 4. The predicted molar refractivity (Wildman–Crippen MR) is 76.9 cm³/mol. The number of methoxy groups -OCH3 is 1. The van der Waals surface area contributed by atoms with Gasteiger partial charge in [0, 0.05) is 18.2 Å². The van der Waals surface area contributed by atoms with Gasteiger partial charge >= 0.3 is 0 Å². The van der Waals surface area contributed by atoms with Gasteiger partial charge in [-0.1, -0.05) is 19.9 Å². The van der Waals surface area contributed by atoms with Gasteiger partial charge in [0.2, 0.25) is 11.8 Å². The molecule has 1 atom stereocenters. The molecule has 0 spiro atoms. The fourth-order valence-electron chi connectivity index (χ4n) is 2.31. The van der Waals surface area contributed by atoms with Crippen molar-refractivity contribution in [3.05, 3.63) is 23.8 Å². The summed E-state index contributed by atoms with van der Waals surface area (Å²) in [6.45, 7) is 4.20. The van der Waals surface area contributed by atoms with E-state index < -0.39 is 0 Å². The monoisotopic (exact) mass is 276 g/mol. The SMILES string of the molecule is COc1cc(NC2CCC(=O)NC2=O)ccc1C(C)C. The molecule has 5 nitrogen and oxygen atoms in total. The van der Waals surface area contributed by atoms with Crippen LogP contribution in [0.3, 0.4) is 0 Å². The summed E-state index contributed by atoms with van der Waals surface area (Å²) in [6.07, 6.45) is 0.879. The summed E-state index contributed by atoms with van der Waals surface area (Å²) in [4.78, 5) is 22.8. The standard InChI is InChI=1S/C15H20N2O3/c1-9(2)11-5-4-10(8-13(11)20-3)16-12-6-7-14(18)17-15(12)19/h4-5,8-9,12,16H,6-7H2,1-3H3,(H,17,18,19). The highest BCUT2D eigenvalue weighted by Gasteiger charge is 2.26. The number of carbonyl (C=O) groups excluding carboxylic acids is 2. The number of hydrogen-bond donors (Lipinski definition) is 2. The molecule has 0 bridgehead atoms. The summed E-state index contributed by atoms with van der Waals surface area (Å²) in [7, 11) is 1.64. The van der Waals surface area contributed by atoms with E-state index in [1.54, 1.807) is 7.11 Å². The lowest BCUT2D eigenvalue weighted by Crippen LogP contribution is -2.47. The highest BCUT2D eigenvalue weighted by atomic mass is 16.5. The van der Waals surface area contributed by atoms with Crippen molar-refractivity contribution in [2.24, 2.45) is 0 Å². The van der Waals surface area contributed by atoms with E-state index in [2.05, 4.69) is 24.5 Å². The number of anilines is 1. The van der Waals surface area contributed by atoms with E-state index in [-0.39, 0.29) is 17.9 Å². The van der Waals surface area contributed by atoms with Crippen molar-refractivity contribution in [1.82, 2.24) is 5.32 Å². The molecule has 0 aromatic heterocycles. The van der Waals surface area contributed by atoms with Crippen molar-refractivity contribution >= 4 is 17.5 Å². The molecular weight excluding hydrogens is 256 g/mol. The molecule has 1 aromatic carbocycles. The first kappa shape index (κ1) is 14.4. The van der Waals surface area contributed by atoms with Crippen LogP contribution in [0.4, 0.5) is 5.69 Å². The zero-order valence-corrected chi connectivity index (χ0v) is 12.0. The Balaban J connectivity index is 2.14. The Labute approximate surface area is 118 Å². The molecule has 1 saturated heterocycles. The van der Waals surface area contributed by atoms with E-state index in [9.17, 15) is 9.59 Å². The van der Waals surface area contributed by atoms with Gasteiger partial charge in [-0.05, 0) is 24.0 Å². The molecule has 1 fully saturated rings. The van der Waals surface area contributed by atoms with Gasteiger partial charge in [0.05, 0.1) is 7.11 Å². The van der Waals surface area contributed by atoms with Crippen LogP contribution in [0.25, 0.3) is 0 Å². The topological polar surface area (TPSA) is 67.4 Å². The summed E-state index contributed by atoms with van der Waals surface area (Å²) in [6, 6.07) is 5.44. The van der Waals surface area contributed by atoms with Crippen molar-refractivity contribution in [2.75, 3.05) is 12.4 Å². The Morgan fingerprint density at radius 3 is 2.70 bits per heavy atom. The minimum absolute atomic E-state index is 0.208. The van der Waals surface area contributed by atoms with Gasteiger partial charge in [0.25, 0.3) is 0 Å². The van der Waals surface area contributed by atoms with Gasteiger partial charge in [-0.2, -0.15) is 0 Å². The average molecular weight is 276 g/mol. The largest absolute Gasteiger partial charge is 0.496 e. The van der Waals surface area contributed by atoms with Gasteiger partial charge in [-0.25, -0.2) is 0 Å². The average Bonchev–Trinajstić information content (AvgIpc) is 2.41. The summed E-state index contributed by atoms with van der Waals surface area (Å²) >= 11 is 0. The molecule has 20 heavy (non-hydrogen) atoms. The van der Waals surface area contributed by atoms with E-state index in [0.29, 0.717) is 18.8 Å². The molecule has 0 saturated carbocycles. The van der Waals surface area contributed by atoms with Crippen LogP contribution < -0.4 is 15.4 Å². The number of nitrogens with one attached hydrogen (secondary N) is 2. The maximum Gasteiger partial charge on any atom is 0.249 e. The molecule has 1 heterocycles. The molecule has 1 aromatic rings. The molecule has 1 unspecified atom stereocenters. The fraction of sp³-hybridized carbons (Fsp3) is 0.467. The Kier molecular flexibility index (Phi) is 4.27. The molecule has 1 aliphatic heterocycles. The van der Waals surface area contributed by atoms with Crippen molar-refractivity contribution in [3.8, 4) is 5.75 Å². The smallest absolute Gasteiger partial charge is 0.249 e. The van der Waals surface area contributed by atoms with E-state index in [4.69, 9.17) is 4.74 Å². The molecule has 2 rings (SSSR count). The lowest BCUT2D eigenvalue weighted by atomic mass is 10.0. The number of carbonyl (C=O) groups is 2. The van der Waals surface area contributed by atoms with Gasteiger partial charge in [0.15, 0.2) is 0 Å². The quantitative estimate of drug-likeness (QED) is 0.826. The van der Waals surface area contributed by atoms with E-state index >= 15 is 0 Å². The number of benzene rings is 1. The first-order chi connectivity index (χ1) is 9.51. The second kappa shape index (κ2) is 5.94. The van der Waals surface area contributed by atoms with Gasteiger partial charge in [-0.15, -0.1) is 0 Å². The van der Waals surface area contributed by atoms with Gasteiger partial charge in [0.1, 0.15) is 11.8 Å². The summed E-state index contributed by atoms with van der Waals surface area (Å²) in [5, 5.41) is 5.48. The lowest BCUT2D eigenvalue weighted by Gasteiger charge is -2.23. The van der Waals surface area contributed by atoms with Crippen LogP contribution in [0.1, 0.15) is 38.2 Å². The maximum absolute atomic E-state index is 11.7. The van der Waals surface area contributed by atoms with E-state index in [1.165, 1.54) is 0 Å². The number of ether oxygens (including phenoxy) is 1. The molecule has 1 aliphatic rings. The molecule has 0 aliphatic carbocycles. The zero-order valence-electron chi connectivity index (χ0n) is 12.0. The van der Waals surface area contributed by atoms with Crippen LogP contribution in [-0.4, -0.2) is 25.0 Å². The second-order valence-electron chi connectivity index (χ2n) is 5.26. The van der Waals surface area contributed by atoms with Crippen molar-refractivity contribution < 1.29 is 14.3 Å². The predicted octanol–water partition coefficient (Wildman–Crippen LogP) is 2.04. The van der Waals surface area contributed by atoms with Gasteiger partial charge < -0.3 is 10.1 Å². The number of hydrogen-bond acceptors (Lipinski definition) is 4. The normalized spacial score (nSPS) is 18.9. The molecule has 108 valence electrons. The molecule has 2 N–H and O–H groups in total. The first-order valence-corrected chi connectivity index (χ1v) is 6.79. The van der Waals surface area contributed by atoms with Crippen LogP contribution >= 0.6 is 0 Å². The summed E-state index contributed by atoms with van der Waals surface area (Å²) in [5.74, 6) is 0.695. The third kappa shape index (κ3) is 3.10. The Hall–Kier alpha value is -2.04. The van der Waals surface area contributed by atoms with Gasteiger partial charge in [-0.3, -0.25) is 14.9 Å². The second-order valence-corrected chi connectivity index (χ2v) is 5.26. The number of piperidine rings is 1. The Morgan fingerprint density at radius 2 is 2.10 bits per heavy atom. The molecule has 2 amide bonds. The minimum Gasteiger partial charge on any atom is -0.496 e. The Morgan fingerprint density at radius 1 is 1.35 bits per heavy atom. The zero-order chi connectivity index (χ0) is 14.7. The maximum atomic E-state index is 11.7. The van der Waals surface area contributed by atoms with Crippen LogP contribution in [0, 0.1) is 0 Å². The Bertz CT molecular complexity index is 526. The van der Waals surface area contributed by atoms with Crippen molar-refractivity contribution in [2.45, 2.75) is 38.6 Å². The van der Waals surface area contributed by atoms with Crippen LogP contribution in [0.5, 0.6) is 5.75 Å². The highest BCUT2D eigenvalue weighted by molar-refractivity contribution is 6.01. The minimum atomic E-state index is -0.373. The van der Waals surface area contributed by atoms with E-state index in [1.807, 2.05) is 18.2 Å². The molecule has 0 radical (unpaired) electrons. The van der Waals surface area contributed by atoms with Crippen molar-refractivity contribution in [1.29, 1.82) is 0 Å². The lowest BCUT2D eigenvalue weighted by molar-refractivity contribution is -0.133. The first-order valence-electron chi connectivity index (χ1n) is 6.79. The van der Waals surface area contributed by atoms with Crippen LogP contribution in [0.15, 0.2) is 18.2 Å². The van der Waals surface area contributed by atoms with Crippen molar-refractivity contribution in [3.63, 3.8) is 0 Å². The number of imide groups is 1. The van der Waals surface area contributed by atoms with Crippen LogP contribution in [-0.2, 0) is 9.59 Å². The van der Waals surface area contributed by atoms with Crippen LogP contribution in [0.2, 0.25) is 0 Å². The summed E-state index contributed by atoms with van der Waals surface area (Å²) in [5.41, 5.74) is 1.95. The summed E-state index contributed by atoms with van der Waals surface area (Å²) < 4.78 is 5.39. The number of amides is 2. The molecular formula is C15H20N2O3.